The van der Waals surface area contributed by atoms with Crippen molar-refractivity contribution in [1.29, 1.82) is 0 Å². The fraction of sp³-hybridized carbons (Fsp3) is 0.300. The zero-order valence-electron chi connectivity index (χ0n) is 16.9. The number of nitrogen functional groups attached to an aromatic ring is 1. The second-order valence-corrected chi connectivity index (χ2v) is 8.21. The first-order chi connectivity index (χ1) is 14.2. The van der Waals surface area contributed by atoms with E-state index in [-0.39, 0.29) is 12.0 Å². The minimum absolute atomic E-state index is 0.132. The first kappa shape index (κ1) is 20.1. The van der Waals surface area contributed by atoms with Crippen LogP contribution in [0.2, 0.25) is 5.02 Å². The predicted molar refractivity (Wildman–Crippen MR) is 120 cm³/mol. The molecule has 0 bridgehead atoms. The van der Waals surface area contributed by atoms with Gasteiger partial charge in [0.05, 0.1) is 28.5 Å². The standard InChI is InChI=1S/C20H23ClN8O/c1-10(26-18-15-17(25-9-24-15)28-19(22)29-18)12-7-11-5-4-6-13(21)14(11)27-16(12)23-8-20(2,3)30/h4-7,9-10,30H,8H2,1-3H3,(H,23,27)(H4,22,24,25,26,28,29)/t10-/m0/s1. The van der Waals surface area contributed by atoms with E-state index >= 15 is 0 Å². The van der Waals surface area contributed by atoms with Gasteiger partial charge in [0.2, 0.25) is 5.95 Å². The van der Waals surface area contributed by atoms with Crippen LogP contribution in [-0.4, -0.2) is 42.2 Å². The number of hydrogen-bond acceptors (Lipinski definition) is 8. The van der Waals surface area contributed by atoms with Gasteiger partial charge in [0.15, 0.2) is 11.5 Å². The number of imidazole rings is 1. The fourth-order valence-corrected chi connectivity index (χ4v) is 3.41. The average Bonchev–Trinajstić information content (AvgIpc) is 3.14. The van der Waals surface area contributed by atoms with Crippen LogP contribution < -0.4 is 16.4 Å². The molecule has 0 saturated heterocycles. The van der Waals surface area contributed by atoms with E-state index in [9.17, 15) is 5.11 Å². The third-order valence-corrected chi connectivity index (χ3v) is 4.94. The van der Waals surface area contributed by atoms with Crippen LogP contribution in [0, 0.1) is 0 Å². The van der Waals surface area contributed by atoms with Gasteiger partial charge in [-0.3, -0.25) is 0 Å². The SMILES string of the molecule is C[C@H](Nc1nc(N)nc2nc[nH]c12)c1cc2cccc(Cl)c2nc1NCC(C)(C)O. The summed E-state index contributed by atoms with van der Waals surface area (Å²) in [7, 11) is 0. The average molecular weight is 427 g/mol. The lowest BCUT2D eigenvalue weighted by molar-refractivity contribution is 0.0944. The quantitative estimate of drug-likeness (QED) is 0.316. The number of nitrogens with one attached hydrogen (secondary N) is 3. The number of nitrogens with zero attached hydrogens (tertiary/aromatic N) is 4. The number of hydrogen-bond donors (Lipinski definition) is 5. The van der Waals surface area contributed by atoms with Gasteiger partial charge < -0.3 is 26.5 Å². The monoisotopic (exact) mass is 426 g/mol. The van der Waals surface area contributed by atoms with E-state index in [0.29, 0.717) is 39.9 Å². The van der Waals surface area contributed by atoms with Crippen molar-refractivity contribution in [2.45, 2.75) is 32.4 Å². The summed E-state index contributed by atoms with van der Waals surface area (Å²) < 4.78 is 0. The van der Waals surface area contributed by atoms with Gasteiger partial charge in [0.1, 0.15) is 11.3 Å². The molecule has 3 heterocycles. The molecule has 3 aromatic heterocycles. The minimum atomic E-state index is -0.908. The number of fused-ring (bicyclic) bond motifs is 2. The summed E-state index contributed by atoms with van der Waals surface area (Å²) in [4.78, 5) is 20.4. The minimum Gasteiger partial charge on any atom is -0.389 e. The number of aliphatic hydroxyl groups is 1. The summed E-state index contributed by atoms with van der Waals surface area (Å²) in [5.41, 5.74) is 7.65. The predicted octanol–water partition coefficient (Wildman–Crippen LogP) is 3.49. The van der Waals surface area contributed by atoms with Crippen LogP contribution in [-0.2, 0) is 0 Å². The van der Waals surface area contributed by atoms with Gasteiger partial charge in [-0.15, -0.1) is 0 Å². The summed E-state index contributed by atoms with van der Waals surface area (Å²) >= 11 is 6.35. The van der Waals surface area contributed by atoms with Gasteiger partial charge in [-0.25, -0.2) is 9.97 Å². The molecular weight excluding hydrogens is 404 g/mol. The second kappa shape index (κ2) is 7.58. The number of halogens is 1. The smallest absolute Gasteiger partial charge is 0.224 e. The maximum absolute atomic E-state index is 10.2. The first-order valence-corrected chi connectivity index (χ1v) is 9.87. The molecular formula is C20H23ClN8O. The second-order valence-electron chi connectivity index (χ2n) is 7.80. The molecule has 0 amide bonds. The number of para-hydroxylation sites is 1. The molecule has 1 atom stereocenters. The highest BCUT2D eigenvalue weighted by atomic mass is 35.5. The molecule has 0 fully saturated rings. The van der Waals surface area contributed by atoms with Crippen LogP contribution in [0.3, 0.4) is 0 Å². The number of rotatable bonds is 6. The van der Waals surface area contributed by atoms with Gasteiger partial charge in [0.25, 0.3) is 0 Å². The molecule has 4 aromatic rings. The zero-order chi connectivity index (χ0) is 21.5. The molecule has 0 aliphatic rings. The molecule has 0 aliphatic carbocycles. The number of aromatic amines is 1. The lowest BCUT2D eigenvalue weighted by Gasteiger charge is -2.23. The number of anilines is 3. The number of benzene rings is 1. The van der Waals surface area contributed by atoms with Crippen molar-refractivity contribution in [3.63, 3.8) is 0 Å². The Morgan fingerprint density at radius 3 is 2.80 bits per heavy atom. The van der Waals surface area contributed by atoms with Crippen LogP contribution in [0.1, 0.15) is 32.4 Å². The Kier molecular flexibility index (Phi) is 5.08. The summed E-state index contributed by atoms with van der Waals surface area (Å²) in [6.07, 6.45) is 1.55. The van der Waals surface area contributed by atoms with Crippen LogP contribution in [0.25, 0.3) is 22.1 Å². The van der Waals surface area contributed by atoms with Gasteiger partial charge in [-0.1, -0.05) is 23.7 Å². The maximum atomic E-state index is 10.2. The maximum Gasteiger partial charge on any atom is 0.224 e. The van der Waals surface area contributed by atoms with Crippen molar-refractivity contribution in [2.24, 2.45) is 0 Å². The van der Waals surface area contributed by atoms with E-state index in [1.807, 2.05) is 25.1 Å². The Labute approximate surface area is 178 Å². The number of H-pyrrole nitrogens is 1. The van der Waals surface area contributed by atoms with Gasteiger partial charge >= 0.3 is 0 Å². The van der Waals surface area contributed by atoms with Crippen molar-refractivity contribution in [2.75, 3.05) is 22.9 Å². The third-order valence-electron chi connectivity index (χ3n) is 4.64. The summed E-state index contributed by atoms with van der Waals surface area (Å²) in [6.45, 7) is 5.77. The van der Waals surface area contributed by atoms with E-state index < -0.39 is 5.60 Å². The molecule has 0 spiro atoms. The number of nitrogens with two attached hydrogens (primary N) is 1. The lowest BCUT2D eigenvalue weighted by atomic mass is 10.0. The highest BCUT2D eigenvalue weighted by molar-refractivity contribution is 6.35. The Morgan fingerprint density at radius 2 is 2.03 bits per heavy atom. The Balaban J connectivity index is 1.76. The van der Waals surface area contributed by atoms with Crippen molar-refractivity contribution in [1.82, 2.24) is 24.9 Å². The van der Waals surface area contributed by atoms with E-state index in [2.05, 4.69) is 30.6 Å². The molecule has 6 N–H and O–H groups in total. The van der Waals surface area contributed by atoms with Crippen LogP contribution >= 0.6 is 11.6 Å². The number of aromatic nitrogens is 5. The molecule has 0 saturated carbocycles. The van der Waals surface area contributed by atoms with E-state index in [4.69, 9.17) is 22.3 Å². The van der Waals surface area contributed by atoms with Gasteiger partial charge in [-0.2, -0.15) is 9.97 Å². The normalized spacial score (nSPS) is 13.0. The molecule has 10 heteroatoms. The summed E-state index contributed by atoms with van der Waals surface area (Å²) in [5, 5.41) is 18.3. The van der Waals surface area contributed by atoms with Gasteiger partial charge in [-0.05, 0) is 32.9 Å². The summed E-state index contributed by atoms with van der Waals surface area (Å²) in [5.74, 6) is 1.30. The molecule has 0 unspecified atom stereocenters. The molecule has 4 rings (SSSR count). The Hall–Kier alpha value is -3.17. The van der Waals surface area contributed by atoms with E-state index in [1.165, 1.54) is 0 Å². The topological polar surface area (TPSA) is 138 Å². The van der Waals surface area contributed by atoms with Crippen LogP contribution in [0.5, 0.6) is 0 Å². The number of pyridine rings is 1. The molecule has 1 aromatic carbocycles. The molecule has 156 valence electrons. The largest absolute Gasteiger partial charge is 0.389 e. The molecule has 9 nitrogen and oxygen atoms in total. The zero-order valence-corrected chi connectivity index (χ0v) is 17.6. The van der Waals surface area contributed by atoms with Crippen LogP contribution in [0.4, 0.5) is 17.6 Å². The molecule has 0 radical (unpaired) electrons. The third kappa shape index (κ3) is 4.07. The molecule has 0 aliphatic heterocycles. The first-order valence-electron chi connectivity index (χ1n) is 9.50. The van der Waals surface area contributed by atoms with Crippen molar-refractivity contribution < 1.29 is 5.11 Å². The Bertz CT molecular complexity index is 1220. The lowest BCUT2D eigenvalue weighted by Crippen LogP contribution is -2.30. The summed E-state index contributed by atoms with van der Waals surface area (Å²) in [6, 6.07) is 7.47. The highest BCUT2D eigenvalue weighted by Crippen LogP contribution is 2.32. The van der Waals surface area contributed by atoms with Crippen molar-refractivity contribution in [3.8, 4) is 0 Å². The van der Waals surface area contributed by atoms with Crippen molar-refractivity contribution in [3.05, 3.63) is 41.2 Å². The molecule has 30 heavy (non-hydrogen) atoms. The fourth-order valence-electron chi connectivity index (χ4n) is 3.19. The van der Waals surface area contributed by atoms with E-state index in [0.717, 1.165) is 10.9 Å². The Morgan fingerprint density at radius 1 is 1.23 bits per heavy atom. The highest BCUT2D eigenvalue weighted by Gasteiger charge is 2.20. The van der Waals surface area contributed by atoms with E-state index in [1.54, 1.807) is 26.2 Å². The van der Waals surface area contributed by atoms with Crippen molar-refractivity contribution >= 4 is 51.3 Å². The van der Waals surface area contributed by atoms with Crippen LogP contribution in [0.15, 0.2) is 30.6 Å². The van der Waals surface area contributed by atoms with Gasteiger partial charge in [0, 0.05) is 17.5 Å².